The van der Waals surface area contributed by atoms with Crippen molar-refractivity contribution in [3.05, 3.63) is 27.7 Å². The van der Waals surface area contributed by atoms with Crippen LogP contribution in [0.3, 0.4) is 0 Å². The molecule has 2 amide bonds. The Balaban J connectivity index is 2.00. The molecule has 2 aliphatic heterocycles. The van der Waals surface area contributed by atoms with Crippen LogP contribution in [0.4, 0.5) is 5.69 Å². The number of nitrogens with one attached hydrogen (secondary N) is 1. The van der Waals surface area contributed by atoms with Crippen LogP contribution in [0.2, 0.25) is 10.0 Å². The summed E-state index contributed by atoms with van der Waals surface area (Å²) >= 11 is 12.0. The minimum Gasteiger partial charge on any atom is -0.384 e. The maximum Gasteiger partial charge on any atom is 0.251 e. The minimum absolute atomic E-state index is 0.156. The van der Waals surface area contributed by atoms with Gasteiger partial charge in [-0.25, -0.2) is 0 Å². The minimum atomic E-state index is -1.07. The lowest BCUT2D eigenvalue weighted by atomic mass is 9.81. The van der Waals surface area contributed by atoms with E-state index in [1.807, 2.05) is 0 Å². The van der Waals surface area contributed by atoms with Crippen molar-refractivity contribution in [3.63, 3.8) is 0 Å². The Hall–Kier alpha value is -1.30. The van der Waals surface area contributed by atoms with E-state index in [1.54, 1.807) is 12.1 Å². The van der Waals surface area contributed by atoms with E-state index in [0.717, 1.165) is 5.56 Å². The van der Waals surface area contributed by atoms with Crippen molar-refractivity contribution in [2.75, 3.05) is 18.4 Å². The lowest BCUT2D eigenvalue weighted by Crippen LogP contribution is -2.41. The SMILES string of the molecule is C[C@H](O)C(=O)N1CC[C@]2(C1)C(=O)Nc1cc(Cl)c(Cl)cc12. The van der Waals surface area contributed by atoms with E-state index < -0.39 is 11.5 Å². The zero-order valence-electron chi connectivity index (χ0n) is 11.3. The molecule has 7 heteroatoms. The molecule has 3 rings (SSSR count). The zero-order chi connectivity index (χ0) is 15.4. The Labute approximate surface area is 131 Å². The van der Waals surface area contributed by atoms with Gasteiger partial charge in [0.1, 0.15) is 6.10 Å². The molecule has 1 fully saturated rings. The number of halogens is 2. The number of nitrogens with zero attached hydrogens (tertiary/aromatic N) is 1. The fraction of sp³-hybridized carbons (Fsp3) is 0.429. The number of hydrogen-bond acceptors (Lipinski definition) is 3. The molecule has 0 unspecified atom stereocenters. The predicted octanol–water partition coefficient (Wildman–Crippen LogP) is 1.80. The van der Waals surface area contributed by atoms with E-state index in [2.05, 4.69) is 5.32 Å². The van der Waals surface area contributed by atoms with Gasteiger partial charge in [-0.1, -0.05) is 23.2 Å². The first-order chi connectivity index (χ1) is 9.85. The largest absolute Gasteiger partial charge is 0.384 e. The molecule has 0 saturated carbocycles. The zero-order valence-corrected chi connectivity index (χ0v) is 12.8. The number of aliphatic hydroxyl groups is 1. The quantitative estimate of drug-likeness (QED) is 0.825. The number of carbonyl (C=O) groups excluding carboxylic acids is 2. The third-order valence-corrected chi connectivity index (χ3v) is 4.92. The normalized spacial score (nSPS) is 25.1. The highest BCUT2D eigenvalue weighted by Gasteiger charge is 2.52. The summed E-state index contributed by atoms with van der Waals surface area (Å²) in [6.07, 6.45) is -0.569. The van der Waals surface area contributed by atoms with Gasteiger partial charge in [-0.3, -0.25) is 9.59 Å². The molecule has 0 aliphatic carbocycles. The third-order valence-electron chi connectivity index (χ3n) is 4.20. The van der Waals surface area contributed by atoms with Gasteiger partial charge in [-0.05, 0) is 31.0 Å². The van der Waals surface area contributed by atoms with Crippen molar-refractivity contribution in [3.8, 4) is 0 Å². The summed E-state index contributed by atoms with van der Waals surface area (Å²) < 4.78 is 0. The van der Waals surface area contributed by atoms with Crippen molar-refractivity contribution < 1.29 is 14.7 Å². The number of rotatable bonds is 1. The molecule has 0 radical (unpaired) electrons. The molecule has 5 nitrogen and oxygen atoms in total. The molecule has 0 aromatic heterocycles. The molecule has 1 aromatic rings. The van der Waals surface area contributed by atoms with Crippen LogP contribution < -0.4 is 5.32 Å². The highest BCUT2D eigenvalue weighted by Crippen LogP contribution is 2.46. The van der Waals surface area contributed by atoms with Crippen LogP contribution in [0, 0.1) is 0 Å². The first-order valence-electron chi connectivity index (χ1n) is 6.63. The van der Waals surface area contributed by atoms with Crippen molar-refractivity contribution in [2.45, 2.75) is 24.9 Å². The molecule has 112 valence electrons. The fourth-order valence-electron chi connectivity index (χ4n) is 3.08. The summed E-state index contributed by atoms with van der Waals surface area (Å²) in [7, 11) is 0. The Morgan fingerprint density at radius 1 is 1.43 bits per heavy atom. The Bertz CT molecular complexity index is 647. The molecular formula is C14H14Cl2N2O3. The smallest absolute Gasteiger partial charge is 0.251 e. The van der Waals surface area contributed by atoms with E-state index in [0.29, 0.717) is 28.7 Å². The van der Waals surface area contributed by atoms with Gasteiger partial charge >= 0.3 is 0 Å². The fourth-order valence-corrected chi connectivity index (χ4v) is 3.41. The summed E-state index contributed by atoms with van der Waals surface area (Å²) in [5.74, 6) is -0.523. The highest BCUT2D eigenvalue weighted by molar-refractivity contribution is 6.42. The van der Waals surface area contributed by atoms with Gasteiger partial charge in [0.15, 0.2) is 0 Å². The van der Waals surface area contributed by atoms with Crippen LogP contribution in [-0.2, 0) is 15.0 Å². The Morgan fingerprint density at radius 3 is 2.76 bits per heavy atom. The second-order valence-corrected chi connectivity index (χ2v) is 6.35. The summed E-state index contributed by atoms with van der Waals surface area (Å²) in [6, 6.07) is 3.32. The van der Waals surface area contributed by atoms with Gasteiger partial charge in [-0.15, -0.1) is 0 Å². The Morgan fingerprint density at radius 2 is 2.10 bits per heavy atom. The van der Waals surface area contributed by atoms with Gasteiger partial charge in [0.25, 0.3) is 5.91 Å². The molecule has 1 spiro atoms. The maximum atomic E-state index is 12.4. The number of hydrogen-bond donors (Lipinski definition) is 2. The predicted molar refractivity (Wildman–Crippen MR) is 79.6 cm³/mol. The number of anilines is 1. The van der Waals surface area contributed by atoms with Crippen molar-refractivity contribution >= 4 is 40.7 Å². The summed E-state index contributed by atoms with van der Waals surface area (Å²) in [5, 5.41) is 13.0. The molecule has 2 N–H and O–H groups in total. The highest BCUT2D eigenvalue weighted by atomic mass is 35.5. The van der Waals surface area contributed by atoms with Crippen molar-refractivity contribution in [1.29, 1.82) is 0 Å². The number of benzene rings is 1. The second-order valence-electron chi connectivity index (χ2n) is 5.53. The van der Waals surface area contributed by atoms with Crippen LogP contribution in [0.15, 0.2) is 12.1 Å². The van der Waals surface area contributed by atoms with Gasteiger partial charge in [0.2, 0.25) is 5.91 Å². The molecular weight excluding hydrogens is 315 g/mol. The summed E-state index contributed by atoms with van der Waals surface area (Å²) in [4.78, 5) is 25.9. The first kappa shape index (κ1) is 14.6. The molecule has 2 atom stereocenters. The average molecular weight is 329 g/mol. The molecule has 0 bridgehead atoms. The van der Waals surface area contributed by atoms with E-state index >= 15 is 0 Å². The number of likely N-dealkylation sites (tertiary alicyclic amines) is 1. The van der Waals surface area contributed by atoms with Crippen molar-refractivity contribution in [1.82, 2.24) is 4.90 Å². The first-order valence-corrected chi connectivity index (χ1v) is 7.38. The van der Waals surface area contributed by atoms with E-state index in [4.69, 9.17) is 23.2 Å². The van der Waals surface area contributed by atoms with Gasteiger partial charge < -0.3 is 15.3 Å². The number of amides is 2. The van der Waals surface area contributed by atoms with Crippen LogP contribution in [0.5, 0.6) is 0 Å². The van der Waals surface area contributed by atoms with Crippen LogP contribution in [0.25, 0.3) is 0 Å². The second kappa shape index (κ2) is 4.87. The number of aliphatic hydroxyl groups excluding tert-OH is 1. The Kier molecular flexibility index (Phi) is 3.39. The summed E-state index contributed by atoms with van der Waals surface area (Å²) in [6.45, 7) is 2.09. The summed E-state index contributed by atoms with van der Waals surface area (Å²) in [5.41, 5.74) is 0.609. The van der Waals surface area contributed by atoms with E-state index in [-0.39, 0.29) is 18.4 Å². The van der Waals surface area contributed by atoms with E-state index in [1.165, 1.54) is 11.8 Å². The molecule has 21 heavy (non-hydrogen) atoms. The van der Waals surface area contributed by atoms with Gasteiger partial charge in [0.05, 0.1) is 15.5 Å². The lowest BCUT2D eigenvalue weighted by Gasteiger charge is -2.23. The van der Waals surface area contributed by atoms with Crippen LogP contribution >= 0.6 is 23.2 Å². The number of fused-ring (bicyclic) bond motifs is 2. The van der Waals surface area contributed by atoms with Gasteiger partial charge in [0, 0.05) is 18.8 Å². The van der Waals surface area contributed by atoms with Gasteiger partial charge in [-0.2, -0.15) is 0 Å². The van der Waals surface area contributed by atoms with Crippen LogP contribution in [-0.4, -0.2) is 41.0 Å². The third kappa shape index (κ3) is 2.11. The standard InChI is InChI=1S/C14H14Cl2N2O3/c1-7(19)12(20)18-3-2-14(6-18)8-4-9(15)10(16)5-11(8)17-13(14)21/h4-5,7,19H,2-3,6H2,1H3,(H,17,21)/t7-,14+/m0/s1. The molecule has 2 heterocycles. The van der Waals surface area contributed by atoms with Crippen LogP contribution in [0.1, 0.15) is 18.9 Å². The topological polar surface area (TPSA) is 69.6 Å². The monoisotopic (exact) mass is 328 g/mol. The van der Waals surface area contributed by atoms with Crippen molar-refractivity contribution in [2.24, 2.45) is 0 Å². The lowest BCUT2D eigenvalue weighted by molar-refractivity contribution is -0.138. The van der Waals surface area contributed by atoms with E-state index in [9.17, 15) is 14.7 Å². The molecule has 1 saturated heterocycles. The molecule has 2 aliphatic rings. The number of carbonyl (C=O) groups is 2. The average Bonchev–Trinajstić information content (AvgIpc) is 2.96. The maximum absolute atomic E-state index is 12.4. The molecule has 1 aromatic carbocycles.